The quantitative estimate of drug-likeness (QED) is 0.263. The molecule has 0 aliphatic carbocycles. The van der Waals surface area contributed by atoms with E-state index in [-0.39, 0.29) is 0 Å². The molecular weight excluding hydrogens is 443 g/mol. The molecule has 0 saturated heterocycles. The zero-order valence-corrected chi connectivity index (χ0v) is 19.6. The normalized spacial score (nSPS) is 22.1. The largest absolute Gasteiger partial charge is 0.466 e. The van der Waals surface area contributed by atoms with Gasteiger partial charge in [0.25, 0.3) is 5.00 Å². The second-order valence-electron chi connectivity index (χ2n) is 8.21. The minimum Gasteiger partial charge on any atom is -0.466 e. The maximum atomic E-state index is 12.8. The van der Waals surface area contributed by atoms with Crippen molar-refractivity contribution in [3.8, 4) is 0 Å². The molecule has 1 aliphatic heterocycles. The summed E-state index contributed by atoms with van der Waals surface area (Å²) < 4.78 is 19.9. The molecule has 2 atom stereocenters. The molecule has 0 aromatic heterocycles. The summed E-state index contributed by atoms with van der Waals surface area (Å²) in [4.78, 5) is 49.2. The van der Waals surface area contributed by atoms with Crippen LogP contribution in [0.25, 0.3) is 0 Å². The van der Waals surface area contributed by atoms with Crippen LogP contribution in [0.3, 0.4) is 0 Å². The molecule has 12 heteroatoms. The van der Waals surface area contributed by atoms with E-state index in [0.717, 1.165) is 20.4 Å². The van der Waals surface area contributed by atoms with E-state index < -0.39 is 51.5 Å². The molecule has 0 radical (unpaired) electrons. The van der Waals surface area contributed by atoms with Crippen LogP contribution in [-0.2, 0) is 28.5 Å². The molecule has 170 valence electrons. The van der Waals surface area contributed by atoms with Crippen LogP contribution in [0.5, 0.6) is 0 Å². The number of alkyl halides is 2. The lowest BCUT2D eigenvalue weighted by Gasteiger charge is -2.45. The van der Waals surface area contributed by atoms with Gasteiger partial charge in [-0.05, 0) is 41.5 Å². The maximum absolute atomic E-state index is 12.8. The van der Waals surface area contributed by atoms with Crippen LogP contribution in [0.1, 0.15) is 41.5 Å². The first-order valence-corrected chi connectivity index (χ1v) is 9.57. The van der Waals surface area contributed by atoms with Crippen LogP contribution < -0.4 is 0 Å². The number of amides is 2. The van der Waals surface area contributed by atoms with Crippen LogP contribution in [0, 0.1) is 0 Å². The summed E-state index contributed by atoms with van der Waals surface area (Å²) >= 11 is 12.8. The molecule has 1 rings (SSSR count). The van der Waals surface area contributed by atoms with Crippen LogP contribution in [0.15, 0.2) is 11.9 Å². The van der Waals surface area contributed by atoms with Crippen molar-refractivity contribution in [1.29, 1.82) is 0 Å². The highest BCUT2D eigenvalue weighted by Crippen LogP contribution is 2.41. The van der Waals surface area contributed by atoms with E-state index in [1.807, 2.05) is 0 Å². The smallest absolute Gasteiger partial charge is 0.416 e. The van der Waals surface area contributed by atoms with E-state index in [1.54, 1.807) is 41.5 Å². The summed E-state index contributed by atoms with van der Waals surface area (Å²) in [6.45, 7) is 9.50. The van der Waals surface area contributed by atoms with Crippen molar-refractivity contribution >= 4 is 47.3 Å². The van der Waals surface area contributed by atoms with Gasteiger partial charge in [0, 0.05) is 6.20 Å². The Labute approximate surface area is 184 Å². The standard InChI is InChI=1S/C18H26Cl2N2O8/c1-16(2,3)29-14(25)21-9-10(11(23)27-7)22(15(26)30-17(4,5)6)12(19)18(21,20)13(24)28-8/h9,12H,1-8H3. The lowest BCUT2D eigenvalue weighted by atomic mass is 10.1. The third kappa shape index (κ3) is 5.48. The fourth-order valence-corrected chi connectivity index (χ4v) is 2.95. The third-order valence-electron chi connectivity index (χ3n) is 3.45. The molecule has 0 aromatic carbocycles. The monoisotopic (exact) mass is 468 g/mol. The Morgan fingerprint density at radius 1 is 0.933 bits per heavy atom. The van der Waals surface area contributed by atoms with Gasteiger partial charge < -0.3 is 18.9 Å². The molecule has 0 bridgehead atoms. The minimum atomic E-state index is -2.48. The molecule has 2 amide bonds. The third-order valence-corrected chi connectivity index (χ3v) is 4.62. The van der Waals surface area contributed by atoms with Gasteiger partial charge in [-0.15, -0.1) is 0 Å². The van der Waals surface area contributed by atoms with Gasteiger partial charge in [-0.1, -0.05) is 23.2 Å². The molecule has 2 unspecified atom stereocenters. The highest BCUT2D eigenvalue weighted by atomic mass is 35.5. The molecule has 0 spiro atoms. The molecule has 10 nitrogen and oxygen atoms in total. The summed E-state index contributed by atoms with van der Waals surface area (Å²) in [5.74, 6) is -2.22. The molecule has 30 heavy (non-hydrogen) atoms. The number of halogens is 2. The summed E-state index contributed by atoms with van der Waals surface area (Å²) in [6.07, 6.45) is -1.39. The number of esters is 2. The number of hydrogen-bond donors (Lipinski definition) is 0. The Balaban J connectivity index is 3.69. The first kappa shape index (κ1) is 25.8. The van der Waals surface area contributed by atoms with Crippen molar-refractivity contribution in [3.05, 3.63) is 11.9 Å². The van der Waals surface area contributed by atoms with Crippen molar-refractivity contribution in [2.75, 3.05) is 14.2 Å². The molecule has 1 heterocycles. The predicted octanol–water partition coefficient (Wildman–Crippen LogP) is 3.16. The average molecular weight is 469 g/mol. The number of ether oxygens (including phenoxy) is 4. The van der Waals surface area contributed by atoms with Gasteiger partial charge in [-0.25, -0.2) is 29.0 Å². The first-order valence-electron chi connectivity index (χ1n) is 8.75. The van der Waals surface area contributed by atoms with Gasteiger partial charge >= 0.3 is 24.1 Å². The zero-order valence-electron chi connectivity index (χ0n) is 18.1. The van der Waals surface area contributed by atoms with Crippen LogP contribution in [0.2, 0.25) is 0 Å². The number of hydrogen-bond acceptors (Lipinski definition) is 8. The highest BCUT2D eigenvalue weighted by molar-refractivity contribution is 6.41. The lowest BCUT2D eigenvalue weighted by Crippen LogP contribution is -2.66. The van der Waals surface area contributed by atoms with E-state index in [0.29, 0.717) is 9.80 Å². The van der Waals surface area contributed by atoms with Crippen molar-refractivity contribution in [1.82, 2.24) is 9.80 Å². The predicted molar refractivity (Wildman–Crippen MR) is 106 cm³/mol. The second-order valence-corrected chi connectivity index (χ2v) is 9.20. The fraction of sp³-hybridized carbons (Fsp3) is 0.667. The van der Waals surface area contributed by atoms with E-state index in [4.69, 9.17) is 37.4 Å². The molecule has 0 aromatic rings. The van der Waals surface area contributed by atoms with E-state index in [2.05, 4.69) is 4.74 Å². The van der Waals surface area contributed by atoms with Crippen molar-refractivity contribution in [2.45, 2.75) is 63.2 Å². The van der Waals surface area contributed by atoms with Gasteiger partial charge in [0.15, 0.2) is 11.2 Å². The molecule has 0 N–H and O–H groups in total. The Morgan fingerprint density at radius 3 is 1.80 bits per heavy atom. The van der Waals surface area contributed by atoms with Crippen LogP contribution >= 0.6 is 23.2 Å². The fourth-order valence-electron chi connectivity index (χ4n) is 2.28. The number of nitrogens with zero attached hydrogens (tertiary/aromatic N) is 2. The Kier molecular flexibility index (Phi) is 7.65. The number of methoxy groups -OCH3 is 2. The Bertz CT molecular complexity index is 756. The molecule has 1 aliphatic rings. The van der Waals surface area contributed by atoms with Gasteiger partial charge in [0.1, 0.15) is 11.2 Å². The number of carbonyl (C=O) groups is 4. The molecular formula is C18H26Cl2N2O8. The van der Waals surface area contributed by atoms with Crippen molar-refractivity contribution in [2.24, 2.45) is 0 Å². The highest BCUT2D eigenvalue weighted by Gasteiger charge is 2.60. The Hall–Kier alpha value is -2.20. The second kappa shape index (κ2) is 8.89. The van der Waals surface area contributed by atoms with Gasteiger partial charge in [0.2, 0.25) is 0 Å². The zero-order chi connectivity index (χ0) is 23.7. The SMILES string of the molecule is COC(=O)C1=CN(C(=O)OC(C)(C)C)C(Cl)(C(=O)OC)C(Cl)N1C(=O)OC(C)(C)C. The topological polar surface area (TPSA) is 112 Å². The maximum Gasteiger partial charge on any atom is 0.416 e. The van der Waals surface area contributed by atoms with Crippen molar-refractivity contribution < 1.29 is 38.1 Å². The molecule has 0 saturated carbocycles. The van der Waals surface area contributed by atoms with E-state index >= 15 is 0 Å². The number of carbonyl (C=O) groups excluding carboxylic acids is 4. The number of rotatable bonds is 2. The average Bonchev–Trinajstić information content (AvgIpc) is 2.58. The minimum absolute atomic E-state index is 0.502. The summed E-state index contributed by atoms with van der Waals surface area (Å²) in [6, 6.07) is 0. The summed E-state index contributed by atoms with van der Waals surface area (Å²) in [5.41, 5.74) is -4.28. The van der Waals surface area contributed by atoms with Gasteiger partial charge in [-0.3, -0.25) is 0 Å². The summed E-state index contributed by atoms with van der Waals surface area (Å²) in [5, 5.41) is 0. The lowest BCUT2D eigenvalue weighted by molar-refractivity contribution is -0.152. The summed E-state index contributed by atoms with van der Waals surface area (Å²) in [7, 11) is 2.07. The molecule has 0 fully saturated rings. The van der Waals surface area contributed by atoms with Gasteiger partial charge in [-0.2, -0.15) is 0 Å². The van der Waals surface area contributed by atoms with Crippen molar-refractivity contribution in [3.63, 3.8) is 0 Å². The van der Waals surface area contributed by atoms with Crippen LogP contribution in [0.4, 0.5) is 9.59 Å². The first-order chi connectivity index (χ1) is 13.5. The van der Waals surface area contributed by atoms with E-state index in [1.165, 1.54) is 0 Å². The Morgan fingerprint density at radius 2 is 1.40 bits per heavy atom. The van der Waals surface area contributed by atoms with Crippen LogP contribution in [-0.4, -0.2) is 69.8 Å². The van der Waals surface area contributed by atoms with E-state index in [9.17, 15) is 19.2 Å². The van der Waals surface area contributed by atoms with Gasteiger partial charge in [0.05, 0.1) is 14.2 Å².